The Balaban J connectivity index is 1.82. The molecule has 0 aliphatic heterocycles. The van der Waals surface area contributed by atoms with E-state index in [1.54, 1.807) is 12.1 Å². The van der Waals surface area contributed by atoms with Gasteiger partial charge >= 0.3 is 5.69 Å². The zero-order chi connectivity index (χ0) is 15.7. The van der Waals surface area contributed by atoms with Crippen LogP contribution in [-0.2, 0) is 0 Å². The van der Waals surface area contributed by atoms with Crippen molar-refractivity contribution in [2.24, 2.45) is 0 Å². The largest absolute Gasteiger partial charge is 0.365 e. The van der Waals surface area contributed by atoms with Crippen molar-refractivity contribution in [3.63, 3.8) is 0 Å². The number of H-pyrrole nitrogens is 1. The van der Waals surface area contributed by atoms with Crippen molar-refractivity contribution in [1.29, 1.82) is 0 Å². The van der Waals surface area contributed by atoms with Crippen molar-refractivity contribution in [1.82, 2.24) is 9.55 Å². The molecule has 0 amide bonds. The lowest BCUT2D eigenvalue weighted by Crippen LogP contribution is -2.40. The minimum Gasteiger partial charge on any atom is -0.365 e. The van der Waals surface area contributed by atoms with Gasteiger partial charge < -0.3 is 5.32 Å². The number of nitrogens with one attached hydrogen (secondary N) is 2. The molecule has 1 aromatic heterocycles. The first-order valence-electron chi connectivity index (χ1n) is 7.42. The Labute approximate surface area is 126 Å². The van der Waals surface area contributed by atoms with Crippen LogP contribution in [0.25, 0.3) is 0 Å². The van der Waals surface area contributed by atoms with Crippen LogP contribution in [0.2, 0.25) is 0 Å². The molecule has 22 heavy (non-hydrogen) atoms. The topological polar surface area (TPSA) is 66.9 Å². The summed E-state index contributed by atoms with van der Waals surface area (Å²) in [6.07, 6.45) is 2.81. The van der Waals surface area contributed by atoms with E-state index in [1.165, 1.54) is 22.8 Å². The molecule has 0 spiro atoms. The fraction of sp³-hybridized carbons (Fsp3) is 0.375. The van der Waals surface area contributed by atoms with Crippen molar-refractivity contribution in [3.8, 4) is 0 Å². The Kier molecular flexibility index (Phi) is 3.83. The molecule has 1 aliphatic rings. The van der Waals surface area contributed by atoms with Crippen LogP contribution in [0, 0.1) is 5.82 Å². The maximum atomic E-state index is 12.9. The van der Waals surface area contributed by atoms with Gasteiger partial charge in [-0.1, -0.05) is 12.1 Å². The van der Waals surface area contributed by atoms with E-state index in [-0.39, 0.29) is 29.1 Å². The summed E-state index contributed by atoms with van der Waals surface area (Å²) in [7, 11) is 0. The summed E-state index contributed by atoms with van der Waals surface area (Å²) in [5.41, 5.74) is 0.193. The summed E-state index contributed by atoms with van der Waals surface area (Å²) >= 11 is 0. The highest BCUT2D eigenvalue weighted by Gasteiger charge is 2.22. The van der Waals surface area contributed by atoms with Gasteiger partial charge in [0, 0.05) is 18.2 Å². The van der Waals surface area contributed by atoms with Crippen molar-refractivity contribution in [3.05, 3.63) is 62.6 Å². The van der Waals surface area contributed by atoms with E-state index in [4.69, 9.17) is 0 Å². The van der Waals surface area contributed by atoms with E-state index in [2.05, 4.69) is 10.3 Å². The van der Waals surface area contributed by atoms with Gasteiger partial charge in [0.25, 0.3) is 5.56 Å². The van der Waals surface area contributed by atoms with E-state index >= 15 is 0 Å². The van der Waals surface area contributed by atoms with Gasteiger partial charge in [-0.15, -0.1) is 0 Å². The second kappa shape index (κ2) is 5.79. The predicted molar refractivity (Wildman–Crippen MR) is 82.6 cm³/mol. The molecule has 1 heterocycles. The minimum atomic E-state index is -0.383. The molecular formula is C16H18FN3O2. The summed E-state index contributed by atoms with van der Waals surface area (Å²) in [6.45, 7) is 1.88. The van der Waals surface area contributed by atoms with Gasteiger partial charge in [0.2, 0.25) is 0 Å². The fourth-order valence-electron chi connectivity index (χ4n) is 2.64. The summed E-state index contributed by atoms with van der Waals surface area (Å²) in [5, 5.41) is 3.07. The van der Waals surface area contributed by atoms with Crippen molar-refractivity contribution in [2.45, 2.75) is 38.3 Å². The third kappa shape index (κ3) is 2.81. The molecule has 2 aromatic rings. The van der Waals surface area contributed by atoms with Gasteiger partial charge in [0.05, 0.1) is 0 Å². The molecule has 5 nitrogen and oxygen atoms in total. The number of rotatable bonds is 4. The molecule has 0 unspecified atom stereocenters. The summed E-state index contributed by atoms with van der Waals surface area (Å²) in [5.74, 6) is 0.0786. The zero-order valence-electron chi connectivity index (χ0n) is 12.3. The number of hydrogen-bond donors (Lipinski definition) is 2. The second-order valence-electron chi connectivity index (χ2n) is 5.70. The quantitative estimate of drug-likeness (QED) is 0.912. The molecule has 0 bridgehead atoms. The molecule has 6 heteroatoms. The van der Waals surface area contributed by atoms with E-state index in [0.29, 0.717) is 5.82 Å². The molecule has 1 aliphatic carbocycles. The van der Waals surface area contributed by atoms with E-state index in [0.717, 1.165) is 24.8 Å². The number of benzene rings is 1. The number of aromatic nitrogens is 2. The average molecular weight is 303 g/mol. The molecule has 1 atom stereocenters. The van der Waals surface area contributed by atoms with E-state index in [9.17, 15) is 14.0 Å². The van der Waals surface area contributed by atoms with Crippen molar-refractivity contribution in [2.75, 3.05) is 5.32 Å². The highest BCUT2D eigenvalue weighted by molar-refractivity contribution is 5.36. The maximum absolute atomic E-state index is 12.9. The second-order valence-corrected chi connectivity index (χ2v) is 5.70. The lowest BCUT2D eigenvalue weighted by molar-refractivity contribution is 0.296. The molecule has 116 valence electrons. The van der Waals surface area contributed by atoms with Gasteiger partial charge in [0.1, 0.15) is 11.6 Å². The van der Waals surface area contributed by atoms with Gasteiger partial charge in [-0.05, 0) is 43.9 Å². The van der Waals surface area contributed by atoms with Crippen molar-refractivity contribution < 1.29 is 4.39 Å². The molecule has 3 rings (SSSR count). The van der Waals surface area contributed by atoms with Crippen LogP contribution < -0.4 is 16.6 Å². The van der Waals surface area contributed by atoms with Gasteiger partial charge in [-0.2, -0.15) is 0 Å². The molecule has 0 saturated heterocycles. The third-order valence-corrected chi connectivity index (χ3v) is 4.15. The standard InChI is InChI=1S/C16H18FN3O2/c1-10(11-5-7-12(17)8-6-11)18-14-9-15(21)20(16(22)19-14)13-3-2-4-13/h5-10,13,18H,2-4H2,1H3,(H,19,22)/t10-/m0/s1. The Morgan fingerprint density at radius 3 is 2.50 bits per heavy atom. The van der Waals surface area contributed by atoms with Crippen LogP contribution in [0.1, 0.15) is 43.8 Å². The normalized spacial score (nSPS) is 16.1. The smallest absolute Gasteiger partial charge is 0.330 e. The first-order chi connectivity index (χ1) is 10.5. The Morgan fingerprint density at radius 1 is 1.27 bits per heavy atom. The van der Waals surface area contributed by atoms with Crippen LogP contribution in [0.4, 0.5) is 10.2 Å². The SMILES string of the molecule is C[C@H](Nc1cc(=O)n(C2CCC2)c(=O)[nH]1)c1ccc(F)cc1. The number of nitrogens with zero attached hydrogens (tertiary/aromatic N) is 1. The lowest BCUT2D eigenvalue weighted by Gasteiger charge is -2.26. The van der Waals surface area contributed by atoms with Crippen LogP contribution in [0.15, 0.2) is 39.9 Å². The number of aromatic amines is 1. The van der Waals surface area contributed by atoms with Crippen LogP contribution in [0.3, 0.4) is 0 Å². The first kappa shape index (κ1) is 14.6. The number of anilines is 1. The highest BCUT2D eigenvalue weighted by atomic mass is 19.1. The Bertz CT molecular complexity index is 744. The monoisotopic (exact) mass is 303 g/mol. The van der Waals surface area contributed by atoms with Gasteiger partial charge in [-0.25, -0.2) is 9.18 Å². The van der Waals surface area contributed by atoms with Crippen LogP contribution in [-0.4, -0.2) is 9.55 Å². The fourth-order valence-corrected chi connectivity index (χ4v) is 2.64. The Morgan fingerprint density at radius 2 is 1.95 bits per heavy atom. The molecule has 1 saturated carbocycles. The average Bonchev–Trinajstić information content (AvgIpc) is 2.41. The summed E-state index contributed by atoms with van der Waals surface area (Å²) in [4.78, 5) is 26.9. The van der Waals surface area contributed by atoms with E-state index < -0.39 is 0 Å². The molecule has 2 N–H and O–H groups in total. The zero-order valence-corrected chi connectivity index (χ0v) is 12.3. The molecule has 1 fully saturated rings. The predicted octanol–water partition coefficient (Wildman–Crippen LogP) is 2.57. The van der Waals surface area contributed by atoms with Gasteiger partial charge in [-0.3, -0.25) is 14.3 Å². The number of hydrogen-bond acceptors (Lipinski definition) is 3. The van der Waals surface area contributed by atoms with Crippen LogP contribution >= 0.6 is 0 Å². The summed E-state index contributed by atoms with van der Waals surface area (Å²) < 4.78 is 14.2. The maximum Gasteiger partial charge on any atom is 0.330 e. The van der Waals surface area contributed by atoms with Gasteiger partial charge in [0.15, 0.2) is 0 Å². The van der Waals surface area contributed by atoms with E-state index in [1.807, 2.05) is 6.92 Å². The number of halogens is 1. The first-order valence-corrected chi connectivity index (χ1v) is 7.42. The Hall–Kier alpha value is -2.37. The van der Waals surface area contributed by atoms with Crippen molar-refractivity contribution >= 4 is 5.82 Å². The molecular weight excluding hydrogens is 285 g/mol. The minimum absolute atomic E-state index is 0.0276. The third-order valence-electron chi connectivity index (χ3n) is 4.15. The molecule has 1 aromatic carbocycles. The lowest BCUT2D eigenvalue weighted by atomic mass is 9.93. The molecule has 0 radical (unpaired) electrons. The highest BCUT2D eigenvalue weighted by Crippen LogP contribution is 2.29. The van der Waals surface area contributed by atoms with Crippen LogP contribution in [0.5, 0.6) is 0 Å². The summed E-state index contributed by atoms with van der Waals surface area (Å²) in [6, 6.07) is 7.37.